The van der Waals surface area contributed by atoms with Crippen molar-refractivity contribution in [3.63, 3.8) is 0 Å². The van der Waals surface area contributed by atoms with Crippen molar-refractivity contribution < 1.29 is 63.9 Å². The van der Waals surface area contributed by atoms with E-state index in [1.165, 1.54) is 12.2 Å². The summed E-state index contributed by atoms with van der Waals surface area (Å²) in [5.41, 5.74) is 0. The summed E-state index contributed by atoms with van der Waals surface area (Å²) in [6.45, 7) is 1.77. The third-order valence-electron chi connectivity index (χ3n) is 8.53. The lowest BCUT2D eigenvalue weighted by molar-refractivity contribution is -0.305. The SMILES string of the molecule is C[C@@H]1C/C=C/C=C/C=C/C=C/[C@H](OC2OC3NC3C(O)C2O)C[C@@H]2O[C@](O)(C[C@@H](O)C[C@H]3O[C@@H]3/C=C/C(=O)O1)C[C@H](O)[C@H]2C(=O)O. The number of ether oxygens (including phenoxy) is 5. The Labute approximate surface area is 266 Å². The molecule has 0 aromatic rings. The van der Waals surface area contributed by atoms with E-state index in [-0.39, 0.29) is 25.4 Å². The summed E-state index contributed by atoms with van der Waals surface area (Å²) in [6.07, 6.45) is 5.79. The van der Waals surface area contributed by atoms with Crippen LogP contribution in [-0.4, -0.2) is 122 Å². The van der Waals surface area contributed by atoms with E-state index in [4.69, 9.17) is 23.7 Å². The number of cyclic esters (lactones) is 1. The van der Waals surface area contributed by atoms with Crippen molar-refractivity contribution in [2.24, 2.45) is 5.92 Å². The van der Waals surface area contributed by atoms with Crippen LogP contribution < -0.4 is 5.32 Å². The van der Waals surface area contributed by atoms with Gasteiger partial charge in [0.25, 0.3) is 0 Å². The molecule has 5 rings (SSSR count). The third kappa shape index (κ3) is 9.19. The summed E-state index contributed by atoms with van der Waals surface area (Å²) >= 11 is 0. The predicted molar refractivity (Wildman–Crippen MR) is 158 cm³/mol. The molecule has 0 saturated carbocycles. The van der Waals surface area contributed by atoms with Gasteiger partial charge in [-0.1, -0.05) is 48.6 Å². The molecule has 5 aliphatic rings. The van der Waals surface area contributed by atoms with Gasteiger partial charge < -0.3 is 54.3 Å². The summed E-state index contributed by atoms with van der Waals surface area (Å²) in [4.78, 5) is 24.4. The number of aliphatic carboxylic acids is 1. The van der Waals surface area contributed by atoms with Crippen LogP contribution in [0.4, 0.5) is 0 Å². The number of epoxide rings is 1. The van der Waals surface area contributed by atoms with Gasteiger partial charge in [0.2, 0.25) is 0 Å². The van der Waals surface area contributed by atoms with Crippen LogP contribution in [0.15, 0.2) is 60.8 Å². The number of rotatable bonds is 3. The molecule has 4 saturated heterocycles. The van der Waals surface area contributed by atoms with Gasteiger partial charge in [-0.15, -0.1) is 0 Å². The number of carboxylic acid groups (broad SMARTS) is 1. The van der Waals surface area contributed by atoms with Crippen molar-refractivity contribution in [2.45, 2.75) is 118 Å². The Balaban J connectivity index is 1.36. The van der Waals surface area contributed by atoms with E-state index < -0.39 is 97.5 Å². The average Bonchev–Trinajstić information content (AvgIpc) is 3.89. The highest BCUT2D eigenvalue weighted by Gasteiger charge is 2.55. The normalized spacial score (nSPS) is 48.7. The Morgan fingerprint density at radius 2 is 1.70 bits per heavy atom. The van der Waals surface area contributed by atoms with E-state index >= 15 is 0 Å². The maximum atomic E-state index is 12.2. The average molecular weight is 650 g/mol. The Morgan fingerprint density at radius 1 is 0.957 bits per heavy atom. The molecule has 0 amide bonds. The lowest BCUT2D eigenvalue weighted by Gasteiger charge is -2.44. The number of aliphatic hydroxyl groups is 5. The van der Waals surface area contributed by atoms with Crippen LogP contribution in [0, 0.1) is 5.92 Å². The number of carboxylic acids is 1. The minimum atomic E-state index is -2.09. The summed E-state index contributed by atoms with van der Waals surface area (Å²) in [5, 5.41) is 66.8. The summed E-state index contributed by atoms with van der Waals surface area (Å²) in [7, 11) is 0. The van der Waals surface area contributed by atoms with Gasteiger partial charge in [0.15, 0.2) is 12.1 Å². The molecule has 4 fully saturated rings. The van der Waals surface area contributed by atoms with E-state index in [1.54, 1.807) is 49.5 Å². The second kappa shape index (κ2) is 15.0. The minimum absolute atomic E-state index is 0.0871. The number of carbonyl (C=O) groups excluding carboxylic acids is 1. The van der Waals surface area contributed by atoms with Gasteiger partial charge in [-0.05, 0) is 13.0 Å². The van der Waals surface area contributed by atoms with E-state index in [0.717, 1.165) is 0 Å². The summed E-state index contributed by atoms with van der Waals surface area (Å²) < 4.78 is 28.5. The summed E-state index contributed by atoms with van der Waals surface area (Å²) in [6, 6.07) is -0.421. The number of esters is 1. The van der Waals surface area contributed by atoms with E-state index in [2.05, 4.69) is 5.32 Å². The molecule has 0 aromatic heterocycles. The monoisotopic (exact) mass is 649 g/mol. The fraction of sp³-hybridized carbons (Fsp3) is 0.625. The van der Waals surface area contributed by atoms with Crippen LogP contribution in [0.5, 0.6) is 0 Å². The molecule has 0 spiro atoms. The number of fused-ring (bicyclic) bond motifs is 4. The van der Waals surface area contributed by atoms with Crippen molar-refractivity contribution in [1.29, 1.82) is 0 Å². The molecular weight excluding hydrogens is 606 g/mol. The lowest BCUT2D eigenvalue weighted by Crippen LogP contribution is -2.56. The zero-order valence-corrected chi connectivity index (χ0v) is 25.4. The number of aliphatic hydroxyl groups excluding tert-OH is 4. The number of nitrogens with one attached hydrogen (secondary N) is 1. The van der Waals surface area contributed by atoms with Crippen molar-refractivity contribution in [2.75, 3.05) is 0 Å². The second-order valence-corrected chi connectivity index (χ2v) is 12.4. The van der Waals surface area contributed by atoms with Gasteiger partial charge in [-0.2, -0.15) is 0 Å². The molecule has 2 bridgehead atoms. The van der Waals surface area contributed by atoms with Crippen LogP contribution in [-0.2, 0) is 33.3 Å². The first-order chi connectivity index (χ1) is 21.9. The fourth-order valence-corrected chi connectivity index (χ4v) is 6.07. The van der Waals surface area contributed by atoms with Gasteiger partial charge in [-0.3, -0.25) is 10.1 Å². The molecule has 254 valence electrons. The van der Waals surface area contributed by atoms with E-state index in [0.29, 0.717) is 6.42 Å². The Morgan fingerprint density at radius 3 is 2.46 bits per heavy atom. The Bertz CT molecular complexity index is 1230. The lowest BCUT2D eigenvalue weighted by atomic mass is 9.83. The molecule has 14 nitrogen and oxygen atoms in total. The number of carbonyl (C=O) groups is 2. The highest BCUT2D eigenvalue weighted by Crippen LogP contribution is 2.39. The molecular formula is C32H43NO13. The molecule has 0 aromatic carbocycles. The summed E-state index contributed by atoms with van der Waals surface area (Å²) in [5.74, 6) is -5.40. The predicted octanol–water partition coefficient (Wildman–Crippen LogP) is -0.298. The van der Waals surface area contributed by atoms with Crippen LogP contribution >= 0.6 is 0 Å². The maximum Gasteiger partial charge on any atom is 0.330 e. The first-order valence-electron chi connectivity index (χ1n) is 15.6. The van der Waals surface area contributed by atoms with Crippen LogP contribution in [0.2, 0.25) is 0 Å². The smallest absolute Gasteiger partial charge is 0.330 e. The molecule has 5 aliphatic heterocycles. The molecule has 7 N–H and O–H groups in total. The largest absolute Gasteiger partial charge is 0.481 e. The molecule has 46 heavy (non-hydrogen) atoms. The van der Waals surface area contributed by atoms with Gasteiger partial charge in [0.05, 0.1) is 36.6 Å². The van der Waals surface area contributed by atoms with Crippen molar-refractivity contribution in [1.82, 2.24) is 5.32 Å². The molecule has 14 atom stereocenters. The standard InChI is InChI=1S/C32H43NO13/c1-17-9-7-5-3-2-4-6-8-10-19(43-31-28(38)27(37)26-29(33-26)45-31)14-23-25(30(39)40)20(35)16-32(41,46-23)15-18(34)13-22-21(44-22)11-12-24(36)42-17/h2-8,10-12,17-23,25-29,31,33-35,37-38,41H,9,13-16H2,1H3,(H,39,40)/b3-2+,6-4+,7-5+,10-8+,12-11+/t17-,18+,19+,20+,21-,22-,23+,25-,26?,27?,28?,29?,31?,32-/m1/s1. The zero-order valence-electron chi connectivity index (χ0n) is 25.4. The highest BCUT2D eigenvalue weighted by atomic mass is 16.7. The maximum absolute atomic E-state index is 12.2. The molecule has 0 radical (unpaired) electrons. The quantitative estimate of drug-likeness (QED) is 0.154. The first-order valence-corrected chi connectivity index (χ1v) is 15.6. The molecule has 14 heteroatoms. The van der Waals surface area contributed by atoms with Crippen molar-refractivity contribution >= 4 is 11.9 Å². The van der Waals surface area contributed by atoms with E-state index in [9.17, 15) is 40.2 Å². The number of allylic oxidation sites excluding steroid dienone is 6. The molecule has 0 aliphatic carbocycles. The van der Waals surface area contributed by atoms with Crippen molar-refractivity contribution in [3.05, 3.63) is 60.8 Å². The third-order valence-corrected chi connectivity index (χ3v) is 8.53. The fourth-order valence-electron chi connectivity index (χ4n) is 6.07. The minimum Gasteiger partial charge on any atom is -0.481 e. The first kappa shape index (κ1) is 34.6. The zero-order chi connectivity index (χ0) is 33.0. The highest BCUT2D eigenvalue weighted by molar-refractivity contribution is 5.82. The Hall–Kier alpha value is -2.76. The van der Waals surface area contributed by atoms with Crippen LogP contribution in [0.25, 0.3) is 0 Å². The Kier molecular flexibility index (Phi) is 11.3. The molecule has 5 unspecified atom stereocenters. The second-order valence-electron chi connectivity index (χ2n) is 12.4. The van der Waals surface area contributed by atoms with Gasteiger partial charge in [0.1, 0.15) is 36.6 Å². The van der Waals surface area contributed by atoms with E-state index in [1.807, 2.05) is 6.08 Å². The van der Waals surface area contributed by atoms with Crippen LogP contribution in [0.1, 0.15) is 39.0 Å². The van der Waals surface area contributed by atoms with Crippen molar-refractivity contribution in [3.8, 4) is 0 Å². The van der Waals surface area contributed by atoms with Gasteiger partial charge in [0, 0.05) is 38.2 Å². The van der Waals surface area contributed by atoms with Crippen LogP contribution in [0.3, 0.4) is 0 Å². The number of hydrogen-bond acceptors (Lipinski definition) is 13. The molecule has 5 heterocycles. The topological polar surface area (TPSA) is 227 Å². The van der Waals surface area contributed by atoms with Gasteiger partial charge >= 0.3 is 11.9 Å². The number of hydrogen-bond donors (Lipinski definition) is 7. The van der Waals surface area contributed by atoms with Gasteiger partial charge in [-0.25, -0.2) is 4.79 Å².